The Hall–Kier alpha value is -1.57. The largest absolute Gasteiger partial charge is 0.496 e. The van der Waals surface area contributed by atoms with Crippen LogP contribution in [0.1, 0.15) is 21.6 Å². The number of ether oxygens (including phenoxy) is 1. The third-order valence-corrected chi connectivity index (χ3v) is 4.65. The maximum atomic E-state index is 11.3. The summed E-state index contributed by atoms with van der Waals surface area (Å²) in [5, 5.41) is 13.6. The highest BCUT2D eigenvalue weighted by atomic mass is 127. The minimum absolute atomic E-state index is 0.213. The van der Waals surface area contributed by atoms with Gasteiger partial charge in [-0.1, -0.05) is 0 Å². The molecule has 6 heteroatoms. The van der Waals surface area contributed by atoms with Crippen molar-refractivity contribution in [3.63, 3.8) is 0 Å². The van der Waals surface area contributed by atoms with Crippen molar-refractivity contribution in [2.45, 2.75) is 13.8 Å². The number of aryl methyl sites for hydroxylation is 1. The number of carboxylic acid groups (broad SMARTS) is 1. The number of hydrogen-bond acceptors (Lipinski definition) is 3. The standard InChI is InChI=1S/C14H15IN2O3/c1-7-9(5-6-10(20-4)11(7)15)12-8(2)13(14(18)19)17(3)16-12/h5-6H,1-4H3,(H,18,19). The van der Waals surface area contributed by atoms with Crippen LogP contribution in [0.5, 0.6) is 5.75 Å². The summed E-state index contributed by atoms with van der Waals surface area (Å²) in [4.78, 5) is 11.3. The fourth-order valence-electron chi connectivity index (χ4n) is 2.26. The van der Waals surface area contributed by atoms with Crippen LogP contribution < -0.4 is 4.74 Å². The lowest BCUT2D eigenvalue weighted by atomic mass is 10.0. The summed E-state index contributed by atoms with van der Waals surface area (Å²) >= 11 is 2.22. The number of aromatic carboxylic acids is 1. The van der Waals surface area contributed by atoms with Gasteiger partial charge in [-0.2, -0.15) is 5.10 Å². The minimum Gasteiger partial charge on any atom is -0.496 e. The van der Waals surface area contributed by atoms with Gasteiger partial charge < -0.3 is 9.84 Å². The molecule has 0 spiro atoms. The molecule has 2 rings (SSSR count). The summed E-state index contributed by atoms with van der Waals surface area (Å²) in [6.07, 6.45) is 0. The fraction of sp³-hybridized carbons (Fsp3) is 0.286. The molecule has 0 amide bonds. The zero-order valence-corrected chi connectivity index (χ0v) is 13.8. The monoisotopic (exact) mass is 386 g/mol. The molecule has 5 nitrogen and oxygen atoms in total. The van der Waals surface area contributed by atoms with Gasteiger partial charge in [0.15, 0.2) is 0 Å². The summed E-state index contributed by atoms with van der Waals surface area (Å²) in [5.41, 5.74) is 3.54. The molecule has 0 saturated heterocycles. The number of hydrogen-bond donors (Lipinski definition) is 1. The van der Waals surface area contributed by atoms with E-state index in [0.29, 0.717) is 11.3 Å². The summed E-state index contributed by atoms with van der Waals surface area (Å²) in [6.45, 7) is 3.76. The van der Waals surface area contributed by atoms with E-state index >= 15 is 0 Å². The first-order valence-corrected chi connectivity index (χ1v) is 7.06. The molecule has 1 aromatic carbocycles. The van der Waals surface area contributed by atoms with Crippen LogP contribution in [0, 0.1) is 17.4 Å². The number of rotatable bonds is 3. The SMILES string of the molecule is COc1ccc(-c2nn(C)c(C(=O)O)c2C)c(C)c1I. The molecule has 0 atom stereocenters. The van der Waals surface area contributed by atoms with Crippen molar-refractivity contribution in [1.29, 1.82) is 0 Å². The quantitative estimate of drug-likeness (QED) is 0.824. The van der Waals surface area contributed by atoms with Gasteiger partial charge in [-0.05, 0) is 54.1 Å². The highest BCUT2D eigenvalue weighted by molar-refractivity contribution is 14.1. The highest BCUT2D eigenvalue weighted by Gasteiger charge is 2.21. The summed E-state index contributed by atoms with van der Waals surface area (Å²) in [7, 11) is 3.27. The number of benzene rings is 1. The number of nitrogens with zero attached hydrogens (tertiary/aromatic N) is 2. The first kappa shape index (κ1) is 14.8. The fourth-order valence-corrected chi connectivity index (χ4v) is 2.95. The van der Waals surface area contributed by atoms with Gasteiger partial charge in [-0.3, -0.25) is 4.68 Å². The smallest absolute Gasteiger partial charge is 0.354 e. The zero-order valence-electron chi connectivity index (χ0n) is 11.7. The molecule has 0 unspecified atom stereocenters. The summed E-state index contributed by atoms with van der Waals surface area (Å²) < 4.78 is 7.70. The third kappa shape index (κ3) is 2.28. The molecule has 0 bridgehead atoms. The molecule has 0 fully saturated rings. The van der Waals surface area contributed by atoms with E-state index in [1.807, 2.05) is 19.1 Å². The van der Waals surface area contributed by atoms with E-state index in [9.17, 15) is 9.90 Å². The van der Waals surface area contributed by atoms with Crippen LogP contribution in [-0.4, -0.2) is 28.0 Å². The molecule has 1 heterocycles. The molecular weight excluding hydrogens is 371 g/mol. The van der Waals surface area contributed by atoms with E-state index < -0.39 is 5.97 Å². The molecule has 106 valence electrons. The topological polar surface area (TPSA) is 64.4 Å². The van der Waals surface area contributed by atoms with Crippen LogP contribution in [0.2, 0.25) is 0 Å². The Morgan fingerprint density at radius 3 is 2.50 bits per heavy atom. The van der Waals surface area contributed by atoms with Crippen molar-refractivity contribution < 1.29 is 14.6 Å². The lowest BCUT2D eigenvalue weighted by molar-refractivity contribution is 0.0684. The summed E-state index contributed by atoms with van der Waals surface area (Å²) in [6, 6.07) is 3.79. The second-order valence-corrected chi connectivity index (χ2v) is 5.58. The van der Waals surface area contributed by atoms with Crippen molar-refractivity contribution in [1.82, 2.24) is 9.78 Å². The van der Waals surface area contributed by atoms with Crippen LogP contribution in [0.4, 0.5) is 0 Å². The Morgan fingerprint density at radius 2 is 2.00 bits per heavy atom. The predicted octanol–water partition coefficient (Wildman–Crippen LogP) is 3.02. The maximum Gasteiger partial charge on any atom is 0.354 e. The molecule has 0 aliphatic rings. The molecule has 0 aliphatic heterocycles. The van der Waals surface area contributed by atoms with Gasteiger partial charge in [0, 0.05) is 18.2 Å². The van der Waals surface area contributed by atoms with Crippen LogP contribution in [0.15, 0.2) is 12.1 Å². The van der Waals surface area contributed by atoms with Gasteiger partial charge in [0.2, 0.25) is 0 Å². The second-order valence-electron chi connectivity index (χ2n) is 4.51. The molecule has 20 heavy (non-hydrogen) atoms. The van der Waals surface area contributed by atoms with Gasteiger partial charge in [0.25, 0.3) is 0 Å². The summed E-state index contributed by atoms with van der Waals surface area (Å²) in [5.74, 6) is -0.163. The van der Waals surface area contributed by atoms with Gasteiger partial charge in [-0.15, -0.1) is 0 Å². The first-order chi connectivity index (χ1) is 9.38. The Balaban J connectivity index is 2.67. The van der Waals surface area contributed by atoms with Gasteiger partial charge in [-0.25, -0.2) is 4.79 Å². The second kappa shape index (κ2) is 5.43. The molecule has 1 aromatic heterocycles. The van der Waals surface area contributed by atoms with Crippen molar-refractivity contribution in [3.8, 4) is 17.0 Å². The minimum atomic E-state index is -0.968. The molecule has 1 N–H and O–H groups in total. The molecule has 0 saturated carbocycles. The van der Waals surface area contributed by atoms with Crippen molar-refractivity contribution >= 4 is 28.6 Å². The van der Waals surface area contributed by atoms with Crippen molar-refractivity contribution in [3.05, 3.63) is 32.5 Å². The van der Waals surface area contributed by atoms with E-state index in [0.717, 1.165) is 20.4 Å². The van der Waals surface area contributed by atoms with E-state index in [1.54, 1.807) is 21.1 Å². The van der Waals surface area contributed by atoms with Crippen LogP contribution in [0.3, 0.4) is 0 Å². The van der Waals surface area contributed by atoms with Crippen molar-refractivity contribution in [2.75, 3.05) is 7.11 Å². The lowest BCUT2D eigenvalue weighted by Gasteiger charge is -2.10. The number of carboxylic acids is 1. The maximum absolute atomic E-state index is 11.3. The van der Waals surface area contributed by atoms with Crippen LogP contribution in [0.25, 0.3) is 11.3 Å². The van der Waals surface area contributed by atoms with Gasteiger partial charge in [0.05, 0.1) is 16.4 Å². The molecule has 0 aliphatic carbocycles. The van der Waals surface area contributed by atoms with E-state index in [4.69, 9.17) is 4.74 Å². The number of methoxy groups -OCH3 is 1. The Morgan fingerprint density at radius 1 is 1.35 bits per heavy atom. The Bertz CT molecular complexity index is 692. The average molecular weight is 386 g/mol. The molecule has 0 radical (unpaired) electrons. The van der Waals surface area contributed by atoms with E-state index in [2.05, 4.69) is 27.7 Å². The van der Waals surface area contributed by atoms with Crippen LogP contribution in [-0.2, 0) is 7.05 Å². The lowest BCUT2D eigenvalue weighted by Crippen LogP contribution is -2.06. The van der Waals surface area contributed by atoms with Crippen LogP contribution >= 0.6 is 22.6 Å². The zero-order chi connectivity index (χ0) is 15.0. The number of carbonyl (C=O) groups is 1. The number of halogens is 1. The highest BCUT2D eigenvalue weighted by Crippen LogP contribution is 2.34. The predicted molar refractivity (Wildman–Crippen MR) is 84.3 cm³/mol. The molecular formula is C14H15IN2O3. The Kier molecular flexibility index (Phi) is 4.03. The third-order valence-electron chi connectivity index (χ3n) is 3.31. The van der Waals surface area contributed by atoms with E-state index in [-0.39, 0.29) is 5.69 Å². The normalized spacial score (nSPS) is 10.7. The van der Waals surface area contributed by atoms with Crippen molar-refractivity contribution in [2.24, 2.45) is 7.05 Å². The van der Waals surface area contributed by atoms with Gasteiger partial charge in [0.1, 0.15) is 11.4 Å². The van der Waals surface area contributed by atoms with Gasteiger partial charge >= 0.3 is 5.97 Å². The Labute approximate surface area is 130 Å². The van der Waals surface area contributed by atoms with E-state index in [1.165, 1.54) is 4.68 Å². The number of aromatic nitrogens is 2. The first-order valence-electron chi connectivity index (χ1n) is 5.98. The molecule has 2 aromatic rings. The average Bonchev–Trinajstić information content (AvgIpc) is 2.68.